The van der Waals surface area contributed by atoms with Crippen LogP contribution in [-0.4, -0.2) is 9.78 Å². The van der Waals surface area contributed by atoms with E-state index in [1.807, 2.05) is 6.92 Å². The van der Waals surface area contributed by atoms with Crippen LogP contribution in [0.5, 0.6) is 0 Å². The number of anilines is 2. The first-order valence-corrected chi connectivity index (χ1v) is 7.83. The van der Waals surface area contributed by atoms with Gasteiger partial charge in [-0.1, -0.05) is 23.2 Å². The van der Waals surface area contributed by atoms with Gasteiger partial charge < -0.3 is 5.32 Å². The van der Waals surface area contributed by atoms with Crippen molar-refractivity contribution in [2.24, 2.45) is 7.05 Å². The number of aryl methyl sites for hydroxylation is 2. The number of hydrogen-bond acceptors (Lipinski definition) is 2. The van der Waals surface area contributed by atoms with E-state index in [2.05, 4.69) is 10.4 Å². The Hall–Kier alpha value is -2.11. The van der Waals surface area contributed by atoms with Crippen molar-refractivity contribution in [3.63, 3.8) is 0 Å². The van der Waals surface area contributed by atoms with Gasteiger partial charge in [0.05, 0.1) is 32.8 Å². The molecule has 0 fully saturated rings. The van der Waals surface area contributed by atoms with Crippen LogP contribution in [-0.2, 0) is 7.05 Å². The highest BCUT2D eigenvalue weighted by atomic mass is 35.5. The maximum atomic E-state index is 13.3. The van der Waals surface area contributed by atoms with Crippen LogP contribution in [0.4, 0.5) is 20.2 Å². The van der Waals surface area contributed by atoms with Gasteiger partial charge in [-0.15, -0.1) is 0 Å². The number of nitrogens with zero attached hydrogens (tertiary/aromatic N) is 2. The minimum Gasteiger partial charge on any atom is -0.351 e. The number of nitrogens with one attached hydrogen (secondary N) is 1. The van der Waals surface area contributed by atoms with E-state index in [9.17, 15) is 8.78 Å². The zero-order chi connectivity index (χ0) is 17.4. The molecule has 124 valence electrons. The van der Waals surface area contributed by atoms with E-state index in [1.165, 1.54) is 24.3 Å². The van der Waals surface area contributed by atoms with Crippen molar-refractivity contribution < 1.29 is 8.78 Å². The molecule has 0 saturated heterocycles. The molecule has 3 aromatic rings. The summed E-state index contributed by atoms with van der Waals surface area (Å²) in [6, 6.07) is 8.24. The third-order valence-corrected chi connectivity index (χ3v) is 4.22. The van der Waals surface area contributed by atoms with Crippen molar-refractivity contribution in [1.29, 1.82) is 0 Å². The summed E-state index contributed by atoms with van der Waals surface area (Å²) in [4.78, 5) is 0. The largest absolute Gasteiger partial charge is 0.351 e. The van der Waals surface area contributed by atoms with Gasteiger partial charge in [0.2, 0.25) is 0 Å². The maximum absolute atomic E-state index is 13.3. The predicted octanol–water partition coefficient (Wildman–Crippen LogP) is 5.72. The summed E-state index contributed by atoms with van der Waals surface area (Å²) >= 11 is 12.3. The Morgan fingerprint density at radius 1 is 1.00 bits per heavy atom. The van der Waals surface area contributed by atoms with Gasteiger partial charge in [0.25, 0.3) is 0 Å². The summed E-state index contributed by atoms with van der Waals surface area (Å²) in [6.45, 7) is 1.82. The van der Waals surface area contributed by atoms with E-state index in [0.717, 1.165) is 0 Å². The highest BCUT2D eigenvalue weighted by molar-refractivity contribution is 6.34. The number of benzene rings is 2. The van der Waals surface area contributed by atoms with Crippen LogP contribution in [0.15, 0.2) is 36.4 Å². The van der Waals surface area contributed by atoms with Crippen molar-refractivity contribution in [3.05, 3.63) is 63.8 Å². The molecule has 0 unspecified atom stereocenters. The number of rotatable bonds is 3. The Balaban J connectivity index is 2.12. The van der Waals surface area contributed by atoms with Gasteiger partial charge >= 0.3 is 0 Å². The summed E-state index contributed by atoms with van der Waals surface area (Å²) in [7, 11) is 1.76. The molecule has 7 heteroatoms. The summed E-state index contributed by atoms with van der Waals surface area (Å²) in [5, 5.41) is 8.06. The standard InChI is InChI=1S/C17H13Cl2F2N3/c1-9-16(22-15-6-4-11(21)8-14(15)19)17(24(2)23-9)12-5-3-10(20)7-13(12)18/h3-8,22H,1-2H3. The lowest BCUT2D eigenvalue weighted by Crippen LogP contribution is -1.98. The molecule has 0 radical (unpaired) electrons. The first-order valence-electron chi connectivity index (χ1n) is 7.08. The average molecular weight is 368 g/mol. The molecule has 1 heterocycles. The van der Waals surface area contributed by atoms with Gasteiger partial charge in [-0.3, -0.25) is 4.68 Å². The van der Waals surface area contributed by atoms with E-state index in [4.69, 9.17) is 23.2 Å². The van der Waals surface area contributed by atoms with Crippen molar-refractivity contribution in [3.8, 4) is 11.3 Å². The summed E-state index contributed by atoms with van der Waals surface area (Å²) in [6.07, 6.45) is 0. The van der Waals surface area contributed by atoms with Gasteiger partial charge in [0.15, 0.2) is 0 Å². The molecule has 24 heavy (non-hydrogen) atoms. The van der Waals surface area contributed by atoms with Crippen molar-refractivity contribution in [2.75, 3.05) is 5.32 Å². The fourth-order valence-corrected chi connectivity index (χ4v) is 3.00. The first kappa shape index (κ1) is 16.7. The van der Waals surface area contributed by atoms with Crippen LogP contribution in [0, 0.1) is 18.6 Å². The smallest absolute Gasteiger partial charge is 0.124 e. The van der Waals surface area contributed by atoms with Gasteiger partial charge in [-0.2, -0.15) is 5.10 Å². The Kier molecular flexibility index (Phi) is 4.47. The second kappa shape index (κ2) is 6.42. The van der Waals surface area contributed by atoms with Crippen LogP contribution in [0.1, 0.15) is 5.69 Å². The molecular formula is C17H13Cl2F2N3. The van der Waals surface area contributed by atoms with Gasteiger partial charge in [0, 0.05) is 12.6 Å². The topological polar surface area (TPSA) is 29.9 Å². The Morgan fingerprint density at radius 2 is 1.62 bits per heavy atom. The van der Waals surface area contributed by atoms with Crippen LogP contribution in [0.3, 0.4) is 0 Å². The molecule has 1 N–H and O–H groups in total. The lowest BCUT2D eigenvalue weighted by Gasteiger charge is -2.12. The molecule has 2 aromatic carbocycles. The zero-order valence-electron chi connectivity index (χ0n) is 12.9. The number of aromatic nitrogens is 2. The molecular weight excluding hydrogens is 355 g/mol. The minimum atomic E-state index is -0.421. The lowest BCUT2D eigenvalue weighted by atomic mass is 10.1. The molecule has 0 spiro atoms. The third kappa shape index (κ3) is 3.09. The number of halogens is 4. The SMILES string of the molecule is Cc1nn(C)c(-c2ccc(F)cc2Cl)c1Nc1ccc(F)cc1Cl. The second-order valence-corrected chi connectivity index (χ2v) is 6.12. The monoisotopic (exact) mass is 367 g/mol. The fraction of sp³-hybridized carbons (Fsp3) is 0.118. The van der Waals surface area contributed by atoms with Crippen molar-refractivity contribution >= 4 is 34.6 Å². The molecule has 0 saturated carbocycles. The average Bonchev–Trinajstić information content (AvgIpc) is 2.76. The van der Waals surface area contributed by atoms with E-state index in [1.54, 1.807) is 23.9 Å². The molecule has 3 nitrogen and oxygen atoms in total. The molecule has 3 rings (SSSR count). The van der Waals surface area contributed by atoms with E-state index in [0.29, 0.717) is 28.3 Å². The van der Waals surface area contributed by atoms with Crippen LogP contribution in [0.25, 0.3) is 11.3 Å². The van der Waals surface area contributed by atoms with Crippen LogP contribution >= 0.6 is 23.2 Å². The van der Waals surface area contributed by atoms with Crippen LogP contribution in [0.2, 0.25) is 10.0 Å². The Bertz CT molecular complexity index is 922. The Morgan fingerprint density at radius 3 is 2.25 bits per heavy atom. The fourth-order valence-electron chi connectivity index (χ4n) is 2.52. The molecule has 1 aromatic heterocycles. The molecule has 0 aliphatic carbocycles. The first-order chi connectivity index (χ1) is 11.4. The predicted molar refractivity (Wildman–Crippen MR) is 93.0 cm³/mol. The highest BCUT2D eigenvalue weighted by Gasteiger charge is 2.19. The van der Waals surface area contributed by atoms with Crippen molar-refractivity contribution in [1.82, 2.24) is 9.78 Å². The minimum absolute atomic E-state index is 0.245. The second-order valence-electron chi connectivity index (χ2n) is 5.31. The quantitative estimate of drug-likeness (QED) is 0.640. The summed E-state index contributed by atoms with van der Waals surface area (Å²) in [5.41, 5.74) is 3.21. The summed E-state index contributed by atoms with van der Waals surface area (Å²) < 4.78 is 28.2. The molecule has 0 bridgehead atoms. The number of hydrogen-bond donors (Lipinski definition) is 1. The van der Waals surface area contributed by atoms with Crippen LogP contribution < -0.4 is 5.32 Å². The summed E-state index contributed by atoms with van der Waals surface area (Å²) in [5.74, 6) is -0.839. The normalized spacial score (nSPS) is 10.9. The lowest BCUT2D eigenvalue weighted by molar-refractivity contribution is 0.627. The van der Waals surface area contributed by atoms with E-state index >= 15 is 0 Å². The third-order valence-electron chi connectivity index (χ3n) is 3.60. The van der Waals surface area contributed by atoms with Crippen molar-refractivity contribution in [2.45, 2.75) is 6.92 Å². The maximum Gasteiger partial charge on any atom is 0.124 e. The highest BCUT2D eigenvalue weighted by Crippen LogP contribution is 2.38. The molecule has 0 aliphatic rings. The molecule has 0 amide bonds. The van der Waals surface area contributed by atoms with Gasteiger partial charge in [0.1, 0.15) is 11.6 Å². The van der Waals surface area contributed by atoms with E-state index < -0.39 is 11.6 Å². The molecule has 0 aliphatic heterocycles. The Labute approximate surface area is 147 Å². The van der Waals surface area contributed by atoms with E-state index in [-0.39, 0.29) is 10.0 Å². The molecule has 0 atom stereocenters. The zero-order valence-corrected chi connectivity index (χ0v) is 14.4. The van der Waals surface area contributed by atoms with Gasteiger partial charge in [-0.25, -0.2) is 8.78 Å². The van der Waals surface area contributed by atoms with Gasteiger partial charge in [-0.05, 0) is 43.3 Å².